The Hall–Kier alpha value is -2.58. The van der Waals surface area contributed by atoms with Gasteiger partial charge in [0.1, 0.15) is 10.6 Å². The van der Waals surface area contributed by atoms with Crippen molar-refractivity contribution in [3.63, 3.8) is 0 Å². The Balaban J connectivity index is 1.83. The highest BCUT2D eigenvalue weighted by atomic mass is 32.1. The maximum Gasteiger partial charge on any atom is 0.337 e. The van der Waals surface area contributed by atoms with Gasteiger partial charge in [-0.3, -0.25) is 4.98 Å². The van der Waals surface area contributed by atoms with Gasteiger partial charge in [-0.1, -0.05) is 0 Å². The molecule has 0 spiro atoms. The number of carboxylic acids is 1. The summed E-state index contributed by atoms with van der Waals surface area (Å²) in [5, 5.41) is 23.3. The molecule has 0 fully saturated rings. The summed E-state index contributed by atoms with van der Waals surface area (Å²) in [5.74, 6) is -0.174. The van der Waals surface area contributed by atoms with Gasteiger partial charge < -0.3 is 15.5 Å². The van der Waals surface area contributed by atoms with E-state index in [0.29, 0.717) is 11.6 Å². The summed E-state index contributed by atoms with van der Waals surface area (Å²) in [5.41, 5.74) is 0.150. The number of aliphatic hydroxyl groups is 1. The van der Waals surface area contributed by atoms with Crippen molar-refractivity contribution in [3.05, 3.63) is 35.0 Å². The molecule has 3 aromatic rings. The number of hydrogen-bond acceptors (Lipinski definition) is 7. The van der Waals surface area contributed by atoms with Crippen LogP contribution in [0.1, 0.15) is 30.2 Å². The molecule has 1 aliphatic carbocycles. The molecular weight excluding hydrogens is 364 g/mol. The number of anilines is 1. The van der Waals surface area contributed by atoms with Crippen molar-refractivity contribution >= 4 is 33.3 Å². The summed E-state index contributed by atoms with van der Waals surface area (Å²) < 4.78 is 0. The summed E-state index contributed by atoms with van der Waals surface area (Å²) in [6, 6.07) is 3.71. The summed E-state index contributed by atoms with van der Waals surface area (Å²) >= 11 is 1.67. The zero-order valence-electron chi connectivity index (χ0n) is 14.9. The van der Waals surface area contributed by atoms with Gasteiger partial charge in [-0.25, -0.2) is 14.8 Å². The first-order valence-corrected chi connectivity index (χ1v) is 9.70. The molecule has 0 amide bonds. The minimum absolute atomic E-state index is 0.147. The second-order valence-corrected chi connectivity index (χ2v) is 8.04. The fourth-order valence-corrected chi connectivity index (χ4v) is 4.50. The topological polar surface area (TPSA) is 108 Å². The number of carboxylic acid groups (broad SMARTS) is 1. The molecule has 8 heteroatoms. The molecule has 0 saturated carbocycles. The van der Waals surface area contributed by atoms with E-state index in [0.717, 1.165) is 35.0 Å². The lowest BCUT2D eigenvalue weighted by Gasteiger charge is -2.20. The van der Waals surface area contributed by atoms with E-state index in [1.54, 1.807) is 23.7 Å². The number of aliphatic carboxylic acids is 1. The van der Waals surface area contributed by atoms with Crippen LogP contribution in [-0.2, 0) is 17.6 Å². The monoisotopic (exact) mass is 384 g/mol. The minimum atomic E-state index is -1.89. The molecule has 0 bridgehead atoms. The van der Waals surface area contributed by atoms with E-state index in [-0.39, 0.29) is 6.54 Å². The van der Waals surface area contributed by atoms with Crippen molar-refractivity contribution in [3.8, 4) is 11.4 Å². The molecule has 27 heavy (non-hydrogen) atoms. The fourth-order valence-electron chi connectivity index (χ4n) is 3.24. The van der Waals surface area contributed by atoms with Gasteiger partial charge in [-0.05, 0) is 50.3 Å². The van der Waals surface area contributed by atoms with E-state index < -0.39 is 11.6 Å². The first-order valence-electron chi connectivity index (χ1n) is 8.88. The van der Waals surface area contributed by atoms with Crippen LogP contribution in [0.4, 0.5) is 5.82 Å². The van der Waals surface area contributed by atoms with Crippen molar-refractivity contribution in [2.24, 2.45) is 0 Å². The summed E-state index contributed by atoms with van der Waals surface area (Å²) in [6.45, 7) is 1.12. The third kappa shape index (κ3) is 3.38. The third-order valence-corrected chi connectivity index (χ3v) is 5.98. The molecule has 4 rings (SSSR count). The third-order valence-electron chi connectivity index (χ3n) is 4.80. The number of rotatable bonds is 5. The second-order valence-electron chi connectivity index (χ2n) is 6.96. The summed E-state index contributed by atoms with van der Waals surface area (Å²) in [4.78, 5) is 27.0. The Labute approximate surface area is 160 Å². The van der Waals surface area contributed by atoms with Crippen LogP contribution in [0.15, 0.2) is 24.5 Å². The van der Waals surface area contributed by atoms with Gasteiger partial charge in [0.25, 0.3) is 0 Å². The van der Waals surface area contributed by atoms with E-state index >= 15 is 0 Å². The average molecular weight is 384 g/mol. The maximum atomic E-state index is 11.2. The van der Waals surface area contributed by atoms with E-state index in [1.807, 2.05) is 12.1 Å². The van der Waals surface area contributed by atoms with Crippen LogP contribution in [0.3, 0.4) is 0 Å². The zero-order valence-corrected chi connectivity index (χ0v) is 15.7. The number of aryl methyl sites for hydroxylation is 2. The molecule has 3 heterocycles. The second kappa shape index (κ2) is 6.86. The van der Waals surface area contributed by atoms with Gasteiger partial charge >= 0.3 is 5.97 Å². The molecule has 3 aromatic heterocycles. The highest BCUT2D eigenvalue weighted by Crippen LogP contribution is 2.39. The molecular formula is C19H20N4O3S. The first-order chi connectivity index (χ1) is 13.0. The Morgan fingerprint density at radius 1 is 1.33 bits per heavy atom. The molecule has 0 aromatic carbocycles. The zero-order chi connectivity index (χ0) is 19.0. The van der Waals surface area contributed by atoms with Crippen molar-refractivity contribution in [2.45, 2.75) is 38.2 Å². The standard InChI is InChI=1S/C19H20N4O3S/c1-19(26,18(24)25)10-21-16-14-12-6-2-3-7-13(12)27-17(14)23-15(22-16)11-5-4-8-20-9-11/h4-5,8-9,26H,2-3,6-7,10H2,1H3,(H,24,25)(H,21,22,23). The van der Waals surface area contributed by atoms with Gasteiger partial charge in [0, 0.05) is 22.8 Å². The molecule has 1 aliphatic rings. The Morgan fingerprint density at radius 2 is 2.15 bits per heavy atom. The highest BCUT2D eigenvalue weighted by molar-refractivity contribution is 7.19. The van der Waals surface area contributed by atoms with Crippen molar-refractivity contribution in [1.29, 1.82) is 0 Å². The van der Waals surface area contributed by atoms with E-state index in [9.17, 15) is 15.0 Å². The number of nitrogens with one attached hydrogen (secondary N) is 1. The lowest BCUT2D eigenvalue weighted by atomic mass is 9.97. The van der Waals surface area contributed by atoms with Crippen LogP contribution < -0.4 is 5.32 Å². The highest BCUT2D eigenvalue weighted by Gasteiger charge is 2.30. The van der Waals surface area contributed by atoms with Crippen LogP contribution >= 0.6 is 11.3 Å². The van der Waals surface area contributed by atoms with Crippen molar-refractivity contribution in [2.75, 3.05) is 11.9 Å². The largest absolute Gasteiger partial charge is 0.479 e. The smallest absolute Gasteiger partial charge is 0.337 e. The van der Waals surface area contributed by atoms with Crippen LogP contribution in [0.5, 0.6) is 0 Å². The molecule has 0 aliphatic heterocycles. The van der Waals surface area contributed by atoms with Crippen LogP contribution in [0.2, 0.25) is 0 Å². The number of nitrogens with zero attached hydrogens (tertiary/aromatic N) is 3. The number of pyridine rings is 1. The van der Waals surface area contributed by atoms with Gasteiger partial charge in [-0.2, -0.15) is 0 Å². The predicted molar refractivity (Wildman–Crippen MR) is 104 cm³/mol. The molecule has 140 valence electrons. The molecule has 1 atom stereocenters. The Kier molecular flexibility index (Phi) is 4.53. The van der Waals surface area contributed by atoms with E-state index in [2.05, 4.69) is 15.3 Å². The average Bonchev–Trinajstić information content (AvgIpc) is 3.05. The summed E-state index contributed by atoms with van der Waals surface area (Å²) in [7, 11) is 0. The maximum absolute atomic E-state index is 11.2. The molecule has 1 unspecified atom stereocenters. The predicted octanol–water partition coefficient (Wildman–Crippen LogP) is 2.88. The SMILES string of the molecule is CC(O)(CNc1nc(-c2cccnc2)nc2sc3c(c12)CCCC3)C(=O)O. The van der Waals surface area contributed by atoms with Crippen LogP contribution in [0, 0.1) is 0 Å². The van der Waals surface area contributed by atoms with E-state index in [4.69, 9.17) is 4.98 Å². The summed E-state index contributed by atoms with van der Waals surface area (Å²) in [6.07, 6.45) is 7.68. The quantitative estimate of drug-likeness (QED) is 0.621. The first kappa shape index (κ1) is 17.8. The molecule has 0 saturated heterocycles. The van der Waals surface area contributed by atoms with Crippen LogP contribution in [0.25, 0.3) is 21.6 Å². The lowest BCUT2D eigenvalue weighted by molar-refractivity contribution is -0.155. The molecule has 3 N–H and O–H groups in total. The minimum Gasteiger partial charge on any atom is -0.479 e. The van der Waals surface area contributed by atoms with E-state index in [1.165, 1.54) is 23.8 Å². The number of aromatic nitrogens is 3. The van der Waals surface area contributed by atoms with Crippen molar-refractivity contribution < 1.29 is 15.0 Å². The number of carbonyl (C=O) groups is 1. The molecule has 0 radical (unpaired) electrons. The van der Waals surface area contributed by atoms with Gasteiger partial charge in [0.2, 0.25) is 0 Å². The normalized spacial score (nSPS) is 15.9. The van der Waals surface area contributed by atoms with Gasteiger partial charge in [0.15, 0.2) is 11.4 Å². The fraction of sp³-hybridized carbons (Fsp3) is 0.368. The van der Waals surface area contributed by atoms with Gasteiger partial charge in [-0.15, -0.1) is 11.3 Å². The molecule has 7 nitrogen and oxygen atoms in total. The number of fused-ring (bicyclic) bond motifs is 3. The Morgan fingerprint density at radius 3 is 2.89 bits per heavy atom. The number of hydrogen-bond donors (Lipinski definition) is 3. The van der Waals surface area contributed by atoms with Crippen LogP contribution in [-0.4, -0.2) is 43.3 Å². The number of thiophene rings is 1. The van der Waals surface area contributed by atoms with Crippen molar-refractivity contribution in [1.82, 2.24) is 15.0 Å². The lowest BCUT2D eigenvalue weighted by Crippen LogP contribution is -2.42. The Bertz CT molecular complexity index is 1000. The van der Waals surface area contributed by atoms with Gasteiger partial charge in [0.05, 0.1) is 11.9 Å².